The predicted molar refractivity (Wildman–Crippen MR) is 191 cm³/mol. The van der Waals surface area contributed by atoms with Crippen LogP contribution >= 0.6 is 0 Å². The summed E-state index contributed by atoms with van der Waals surface area (Å²) in [5, 5.41) is 6.79. The van der Waals surface area contributed by atoms with Crippen LogP contribution in [-0.2, 0) is 9.63 Å². The Hall–Kier alpha value is -3.74. The van der Waals surface area contributed by atoms with E-state index in [1.54, 1.807) is 18.3 Å². The van der Waals surface area contributed by atoms with Gasteiger partial charge < -0.3 is 15.9 Å². The van der Waals surface area contributed by atoms with E-state index < -0.39 is 0 Å². The molecular weight excluding hydrogens is 546 g/mol. The second-order valence-corrected chi connectivity index (χ2v) is 10.9. The molecule has 0 unspecified atom stereocenters. The monoisotopic (exact) mass is 605 g/mol. The van der Waals surface area contributed by atoms with Crippen molar-refractivity contribution < 1.29 is 9.63 Å². The van der Waals surface area contributed by atoms with E-state index in [2.05, 4.69) is 68.4 Å². The Balaban J connectivity index is 0.000000880. The smallest absolute Gasteiger partial charge is 0.259 e. The first-order valence-corrected chi connectivity index (χ1v) is 16.2. The number of hydrogen-bond acceptors (Lipinski definition) is 5. The maximum atomic E-state index is 12.7. The molecule has 1 aliphatic rings. The molecule has 244 valence electrons. The quantitative estimate of drug-likeness (QED) is 0.0875. The summed E-state index contributed by atoms with van der Waals surface area (Å²) in [7, 11) is 0. The molecule has 1 aliphatic carbocycles. The molecule has 7 heteroatoms. The number of carbonyl (C=O) groups excluding carboxylic acids is 1. The maximum Gasteiger partial charge on any atom is 0.259 e. The summed E-state index contributed by atoms with van der Waals surface area (Å²) in [4.78, 5) is 25.9. The van der Waals surface area contributed by atoms with Crippen LogP contribution in [0.15, 0.2) is 65.5 Å². The molecule has 0 bridgehead atoms. The highest BCUT2D eigenvalue weighted by molar-refractivity contribution is 6.25. The van der Waals surface area contributed by atoms with Crippen LogP contribution in [0, 0.1) is 19.3 Å². The second kappa shape index (κ2) is 23.7. The SMILES string of the molecule is C=CCCC.C=N/C(=N\OCC)c1ccc(C)c(NC(=O)/C(=C/N)c2cc(C)ccn2)c1.CCC1(CC)CCC1.CCCC. The van der Waals surface area contributed by atoms with Crippen molar-refractivity contribution in [1.29, 1.82) is 0 Å². The number of aryl methyl sites for hydroxylation is 2. The largest absolute Gasteiger partial charge is 0.404 e. The zero-order valence-electron chi connectivity index (χ0n) is 28.8. The highest BCUT2D eigenvalue weighted by atomic mass is 16.6. The predicted octanol–water partition coefficient (Wildman–Crippen LogP) is 9.79. The van der Waals surface area contributed by atoms with Gasteiger partial charge in [-0.3, -0.25) is 9.78 Å². The molecule has 0 spiro atoms. The van der Waals surface area contributed by atoms with Gasteiger partial charge in [-0.05, 0) is 81.5 Å². The van der Waals surface area contributed by atoms with Gasteiger partial charge in [0.25, 0.3) is 5.91 Å². The Kier molecular flexibility index (Phi) is 21.7. The Bertz CT molecular complexity index is 1170. The highest BCUT2D eigenvalue weighted by Crippen LogP contribution is 2.46. The lowest BCUT2D eigenvalue weighted by molar-refractivity contribution is -0.111. The Morgan fingerprint density at radius 2 is 1.70 bits per heavy atom. The number of nitrogens with zero attached hydrogens (tertiary/aromatic N) is 3. The minimum atomic E-state index is -0.356. The lowest BCUT2D eigenvalue weighted by Crippen LogP contribution is -2.27. The van der Waals surface area contributed by atoms with Crippen LogP contribution in [0.3, 0.4) is 0 Å². The molecule has 1 saturated carbocycles. The number of nitrogens with one attached hydrogen (secondary N) is 1. The lowest BCUT2D eigenvalue weighted by atomic mass is 9.65. The number of aliphatic imine (C=N–C) groups is 1. The summed E-state index contributed by atoms with van der Waals surface area (Å²) in [6.45, 7) is 24.3. The second-order valence-electron chi connectivity index (χ2n) is 10.9. The Morgan fingerprint density at radius 1 is 1.05 bits per heavy atom. The van der Waals surface area contributed by atoms with Crippen molar-refractivity contribution in [3.05, 3.63) is 77.8 Å². The number of amides is 1. The van der Waals surface area contributed by atoms with E-state index in [4.69, 9.17) is 10.6 Å². The van der Waals surface area contributed by atoms with Crippen molar-refractivity contribution in [2.45, 2.75) is 113 Å². The van der Waals surface area contributed by atoms with Crippen LogP contribution in [0.25, 0.3) is 5.57 Å². The summed E-state index contributed by atoms with van der Waals surface area (Å²) < 4.78 is 0. The van der Waals surface area contributed by atoms with E-state index in [9.17, 15) is 4.79 Å². The van der Waals surface area contributed by atoms with Crippen molar-refractivity contribution in [3.63, 3.8) is 0 Å². The van der Waals surface area contributed by atoms with E-state index in [0.29, 0.717) is 29.4 Å². The molecule has 3 rings (SSSR count). The van der Waals surface area contributed by atoms with Gasteiger partial charge in [-0.2, -0.15) is 0 Å². The zero-order chi connectivity index (χ0) is 33.4. The van der Waals surface area contributed by atoms with E-state index in [0.717, 1.165) is 23.0 Å². The lowest BCUT2D eigenvalue weighted by Gasteiger charge is -2.40. The van der Waals surface area contributed by atoms with Crippen molar-refractivity contribution in [3.8, 4) is 0 Å². The first kappa shape index (κ1) is 40.3. The summed E-state index contributed by atoms with van der Waals surface area (Å²) in [5.41, 5.74) is 10.4. The number of rotatable bonds is 11. The fourth-order valence-electron chi connectivity index (χ4n) is 4.18. The number of carbonyl (C=O) groups is 1. The molecule has 0 radical (unpaired) electrons. The van der Waals surface area contributed by atoms with Gasteiger partial charge in [0.05, 0.1) is 11.3 Å². The number of hydrogen-bond donors (Lipinski definition) is 2. The molecule has 44 heavy (non-hydrogen) atoms. The fraction of sp³-hybridized carbons (Fsp3) is 0.514. The van der Waals surface area contributed by atoms with Gasteiger partial charge >= 0.3 is 0 Å². The van der Waals surface area contributed by atoms with E-state index >= 15 is 0 Å². The number of pyridine rings is 1. The van der Waals surface area contributed by atoms with Crippen LogP contribution in [-0.4, -0.2) is 30.1 Å². The molecule has 1 amide bonds. The molecule has 1 aromatic carbocycles. The molecule has 1 heterocycles. The van der Waals surface area contributed by atoms with Gasteiger partial charge in [0.15, 0.2) is 5.84 Å². The van der Waals surface area contributed by atoms with Gasteiger partial charge in [0, 0.05) is 23.6 Å². The van der Waals surface area contributed by atoms with Crippen LogP contribution in [0.4, 0.5) is 5.69 Å². The number of amidine groups is 1. The summed E-state index contributed by atoms with van der Waals surface area (Å²) in [6, 6.07) is 9.10. The Labute approximate surface area is 268 Å². The molecule has 3 N–H and O–H groups in total. The first-order valence-electron chi connectivity index (χ1n) is 16.2. The molecular formula is C37H59N5O2. The molecule has 2 aromatic rings. The molecule has 1 aromatic heterocycles. The van der Waals surface area contributed by atoms with Gasteiger partial charge in [-0.15, -0.1) is 6.58 Å². The van der Waals surface area contributed by atoms with Crippen molar-refractivity contribution in [2.24, 2.45) is 21.3 Å². The van der Waals surface area contributed by atoms with Gasteiger partial charge in [0.2, 0.25) is 0 Å². The van der Waals surface area contributed by atoms with Crippen molar-refractivity contribution >= 4 is 29.7 Å². The molecule has 7 nitrogen and oxygen atoms in total. The number of nitrogens with two attached hydrogens (primary N) is 1. The molecule has 1 fully saturated rings. The fourth-order valence-corrected chi connectivity index (χ4v) is 4.18. The number of oxime groups is 1. The average Bonchev–Trinajstić information content (AvgIpc) is 3.00. The number of anilines is 1. The normalized spacial score (nSPS) is 13.3. The van der Waals surface area contributed by atoms with Crippen molar-refractivity contribution in [2.75, 3.05) is 11.9 Å². The van der Waals surface area contributed by atoms with E-state index in [1.807, 2.05) is 45.0 Å². The first-order chi connectivity index (χ1) is 21.2. The number of allylic oxidation sites excluding steroid dienone is 1. The van der Waals surface area contributed by atoms with Crippen LogP contribution in [0.5, 0.6) is 0 Å². The maximum absolute atomic E-state index is 12.7. The highest BCUT2D eigenvalue weighted by Gasteiger charge is 2.32. The molecule has 0 aliphatic heterocycles. The number of unbranched alkanes of at least 4 members (excludes halogenated alkanes) is 2. The summed E-state index contributed by atoms with van der Waals surface area (Å²) in [5.74, 6) is -0.0204. The molecule has 0 atom stereocenters. The van der Waals surface area contributed by atoms with Gasteiger partial charge in [0.1, 0.15) is 6.61 Å². The summed E-state index contributed by atoms with van der Waals surface area (Å²) >= 11 is 0. The number of benzene rings is 1. The van der Waals surface area contributed by atoms with Crippen LogP contribution in [0.2, 0.25) is 0 Å². The van der Waals surface area contributed by atoms with Gasteiger partial charge in [-0.25, -0.2) is 4.99 Å². The molecule has 0 saturated heterocycles. The third-order valence-electron chi connectivity index (χ3n) is 7.68. The van der Waals surface area contributed by atoms with E-state index in [1.165, 1.54) is 57.6 Å². The van der Waals surface area contributed by atoms with E-state index in [-0.39, 0.29) is 11.5 Å². The standard InChI is InChI=1S/C20H23N5O2.C8H16.C5H10.C4H10/c1-5-27-25-19(22-4)15-7-6-14(3)17(11-15)24-20(26)16(12-21)18-10-13(2)8-9-23-18;1-3-8(4-2)6-5-7-8;1-3-5-4-2;1-3-4-2/h6-12H,4-5,21H2,1-3H3,(H,24,26);3-7H2,1-2H3;3H,1,4-5H2,2H3;3-4H2,1-2H3/b16-12+,25-19-;;;. The number of aromatic nitrogens is 1. The van der Waals surface area contributed by atoms with Crippen molar-refractivity contribution in [1.82, 2.24) is 4.98 Å². The Morgan fingerprint density at radius 3 is 2.09 bits per heavy atom. The minimum Gasteiger partial charge on any atom is -0.404 e. The topological polar surface area (TPSA) is 102 Å². The minimum absolute atomic E-state index is 0.286. The third-order valence-corrected chi connectivity index (χ3v) is 7.68. The van der Waals surface area contributed by atoms with Crippen LogP contribution < -0.4 is 11.1 Å². The van der Waals surface area contributed by atoms with Crippen LogP contribution in [0.1, 0.15) is 122 Å². The average molecular weight is 606 g/mol. The zero-order valence-corrected chi connectivity index (χ0v) is 28.8. The van der Waals surface area contributed by atoms with Gasteiger partial charge in [-0.1, -0.05) is 96.5 Å². The third kappa shape index (κ3) is 14.6. The summed E-state index contributed by atoms with van der Waals surface area (Å²) in [6.07, 6.45) is 17.1.